The van der Waals surface area contributed by atoms with Gasteiger partial charge in [-0.1, -0.05) is 0 Å². The molecule has 0 spiro atoms. The van der Waals surface area contributed by atoms with Crippen molar-refractivity contribution in [1.82, 2.24) is 9.97 Å². The molecule has 2 rings (SSSR count). The number of hydrogen-bond donors (Lipinski definition) is 4. The third kappa shape index (κ3) is 2.76. The van der Waals surface area contributed by atoms with Crippen molar-refractivity contribution in [3.05, 3.63) is 30.1 Å². The van der Waals surface area contributed by atoms with Gasteiger partial charge in [0, 0.05) is 24.3 Å². The number of guanidine groups is 2. The number of aliphatic imine (C=N–C) groups is 2. The minimum atomic E-state index is -0.0902. The van der Waals surface area contributed by atoms with Crippen molar-refractivity contribution >= 4 is 23.0 Å². The van der Waals surface area contributed by atoms with Gasteiger partial charge < -0.3 is 22.2 Å². The van der Waals surface area contributed by atoms with Crippen LogP contribution in [0.3, 0.4) is 0 Å². The van der Waals surface area contributed by atoms with Crippen LogP contribution < -0.4 is 17.2 Å². The second-order valence-electron chi connectivity index (χ2n) is 3.74. The fourth-order valence-electron chi connectivity index (χ4n) is 1.68. The van der Waals surface area contributed by atoms with E-state index < -0.39 is 0 Å². The van der Waals surface area contributed by atoms with Crippen molar-refractivity contribution in [3.63, 3.8) is 0 Å². The Balaban J connectivity index is 2.05. The highest BCUT2D eigenvalue weighted by molar-refractivity contribution is 5.92. The standard InChI is InChI=1S/C11H15N7/c12-10(13)18-11(14)16-5-3-7-6-17-9-8(7)2-1-4-15-9/h1-2,4,6H,3,5H2,(H,15,17)(H6,12,13,14,16,18). The van der Waals surface area contributed by atoms with Crippen LogP contribution in [0.2, 0.25) is 0 Å². The highest BCUT2D eigenvalue weighted by Crippen LogP contribution is 2.15. The molecule has 0 aliphatic heterocycles. The molecule has 0 aliphatic carbocycles. The van der Waals surface area contributed by atoms with E-state index in [-0.39, 0.29) is 11.9 Å². The van der Waals surface area contributed by atoms with Crippen molar-refractivity contribution in [2.75, 3.05) is 6.54 Å². The quantitative estimate of drug-likeness (QED) is 0.436. The molecule has 2 aromatic heterocycles. The van der Waals surface area contributed by atoms with E-state index in [1.807, 2.05) is 18.3 Å². The van der Waals surface area contributed by atoms with E-state index in [9.17, 15) is 0 Å². The fourth-order valence-corrected chi connectivity index (χ4v) is 1.68. The second kappa shape index (κ2) is 5.17. The van der Waals surface area contributed by atoms with Gasteiger partial charge in [-0.05, 0) is 24.1 Å². The lowest BCUT2D eigenvalue weighted by atomic mass is 10.1. The molecule has 2 heterocycles. The van der Waals surface area contributed by atoms with Gasteiger partial charge in [-0.15, -0.1) is 0 Å². The van der Waals surface area contributed by atoms with Crippen LogP contribution in [0.5, 0.6) is 0 Å². The number of nitrogens with two attached hydrogens (primary N) is 3. The normalized spacial score (nSPS) is 11.7. The molecule has 0 amide bonds. The zero-order valence-corrected chi connectivity index (χ0v) is 9.80. The molecule has 0 aromatic carbocycles. The van der Waals surface area contributed by atoms with Crippen LogP contribution in [0.15, 0.2) is 34.5 Å². The molecule has 94 valence electrons. The maximum Gasteiger partial charge on any atom is 0.218 e. The Bertz CT molecular complexity index is 592. The summed E-state index contributed by atoms with van der Waals surface area (Å²) in [4.78, 5) is 15.0. The Labute approximate surface area is 104 Å². The van der Waals surface area contributed by atoms with Gasteiger partial charge in [0.1, 0.15) is 5.65 Å². The number of nitrogens with zero attached hydrogens (tertiary/aromatic N) is 3. The summed E-state index contributed by atoms with van der Waals surface area (Å²) < 4.78 is 0. The average molecular weight is 245 g/mol. The smallest absolute Gasteiger partial charge is 0.218 e. The van der Waals surface area contributed by atoms with Gasteiger partial charge >= 0.3 is 0 Å². The zero-order chi connectivity index (χ0) is 13.0. The first kappa shape index (κ1) is 11.9. The Hall–Kier alpha value is -2.57. The Morgan fingerprint density at radius 1 is 1.33 bits per heavy atom. The monoisotopic (exact) mass is 245 g/mol. The maximum atomic E-state index is 5.51. The summed E-state index contributed by atoms with van der Waals surface area (Å²) in [5, 5.41) is 1.09. The molecule has 0 radical (unpaired) electrons. The lowest BCUT2D eigenvalue weighted by molar-refractivity contribution is 0.969. The summed E-state index contributed by atoms with van der Waals surface area (Å²) in [7, 11) is 0. The molecule has 0 bridgehead atoms. The molecule has 7 nitrogen and oxygen atoms in total. The van der Waals surface area contributed by atoms with Crippen LogP contribution in [0.25, 0.3) is 11.0 Å². The number of H-pyrrole nitrogens is 1. The predicted octanol–water partition coefficient (Wildman–Crippen LogP) is -0.306. The van der Waals surface area contributed by atoms with E-state index >= 15 is 0 Å². The SMILES string of the molecule is NC(N)=NC(N)=NCCc1c[nH]c2ncccc12. The molecule has 0 unspecified atom stereocenters. The van der Waals surface area contributed by atoms with Crippen molar-refractivity contribution in [2.45, 2.75) is 6.42 Å². The summed E-state index contributed by atoms with van der Waals surface area (Å²) in [6, 6.07) is 3.91. The van der Waals surface area contributed by atoms with Crippen molar-refractivity contribution in [2.24, 2.45) is 27.2 Å². The molecule has 7 heteroatoms. The molecular formula is C11H15N7. The summed E-state index contributed by atoms with van der Waals surface area (Å²) in [6.07, 6.45) is 4.41. The largest absolute Gasteiger partial charge is 0.370 e. The first-order chi connectivity index (χ1) is 8.66. The Morgan fingerprint density at radius 3 is 2.94 bits per heavy atom. The van der Waals surface area contributed by atoms with Gasteiger partial charge in [0.2, 0.25) is 5.96 Å². The third-order valence-corrected chi connectivity index (χ3v) is 2.44. The first-order valence-corrected chi connectivity index (χ1v) is 5.47. The van der Waals surface area contributed by atoms with E-state index in [1.54, 1.807) is 6.20 Å². The number of rotatable bonds is 3. The summed E-state index contributed by atoms with van der Waals surface area (Å²) in [5.41, 5.74) is 17.9. The number of fused-ring (bicyclic) bond motifs is 1. The fraction of sp³-hybridized carbons (Fsp3) is 0.182. The number of pyridine rings is 1. The molecule has 0 atom stereocenters. The molecule has 0 aliphatic rings. The number of aromatic amines is 1. The van der Waals surface area contributed by atoms with E-state index in [1.165, 1.54) is 0 Å². The molecule has 18 heavy (non-hydrogen) atoms. The summed E-state index contributed by atoms with van der Waals surface area (Å²) >= 11 is 0. The minimum Gasteiger partial charge on any atom is -0.370 e. The van der Waals surface area contributed by atoms with E-state index in [0.717, 1.165) is 23.0 Å². The Morgan fingerprint density at radius 2 is 2.17 bits per heavy atom. The average Bonchev–Trinajstić information content (AvgIpc) is 2.72. The summed E-state index contributed by atoms with van der Waals surface area (Å²) in [6.45, 7) is 0.518. The van der Waals surface area contributed by atoms with Gasteiger partial charge in [0.25, 0.3) is 0 Å². The van der Waals surface area contributed by atoms with E-state index in [0.29, 0.717) is 6.54 Å². The van der Waals surface area contributed by atoms with Crippen LogP contribution in [0.4, 0.5) is 0 Å². The lowest BCUT2D eigenvalue weighted by Crippen LogP contribution is -2.26. The summed E-state index contributed by atoms with van der Waals surface area (Å²) in [5.74, 6) is 0.000473. The van der Waals surface area contributed by atoms with Crippen LogP contribution in [0.1, 0.15) is 5.56 Å². The zero-order valence-electron chi connectivity index (χ0n) is 9.80. The van der Waals surface area contributed by atoms with Crippen LogP contribution in [0, 0.1) is 0 Å². The molecule has 0 saturated heterocycles. The molecule has 0 fully saturated rings. The van der Waals surface area contributed by atoms with Crippen molar-refractivity contribution < 1.29 is 0 Å². The van der Waals surface area contributed by atoms with Gasteiger partial charge in [0.15, 0.2) is 5.96 Å². The molecule has 0 saturated carbocycles. The lowest BCUT2D eigenvalue weighted by Gasteiger charge is -1.97. The third-order valence-electron chi connectivity index (χ3n) is 2.44. The number of aromatic nitrogens is 2. The second-order valence-corrected chi connectivity index (χ2v) is 3.74. The highest BCUT2D eigenvalue weighted by atomic mass is 15.1. The van der Waals surface area contributed by atoms with Crippen molar-refractivity contribution in [1.29, 1.82) is 0 Å². The van der Waals surface area contributed by atoms with Gasteiger partial charge in [-0.3, -0.25) is 4.99 Å². The molecule has 7 N–H and O–H groups in total. The maximum absolute atomic E-state index is 5.51. The van der Waals surface area contributed by atoms with Crippen LogP contribution in [-0.2, 0) is 6.42 Å². The van der Waals surface area contributed by atoms with Gasteiger partial charge in [0.05, 0.1) is 0 Å². The molecule has 2 aromatic rings. The predicted molar refractivity (Wildman–Crippen MR) is 72.1 cm³/mol. The first-order valence-electron chi connectivity index (χ1n) is 5.47. The van der Waals surface area contributed by atoms with E-state index in [4.69, 9.17) is 17.2 Å². The highest BCUT2D eigenvalue weighted by Gasteiger charge is 2.02. The number of hydrogen-bond acceptors (Lipinski definition) is 2. The molecular weight excluding hydrogens is 230 g/mol. The number of nitrogens with one attached hydrogen (secondary N) is 1. The van der Waals surface area contributed by atoms with Gasteiger partial charge in [-0.2, -0.15) is 4.99 Å². The topological polar surface area (TPSA) is 131 Å². The van der Waals surface area contributed by atoms with E-state index in [2.05, 4.69) is 20.0 Å². The van der Waals surface area contributed by atoms with Crippen LogP contribution in [-0.4, -0.2) is 28.4 Å². The van der Waals surface area contributed by atoms with Gasteiger partial charge in [-0.25, -0.2) is 4.98 Å². The van der Waals surface area contributed by atoms with Crippen molar-refractivity contribution in [3.8, 4) is 0 Å². The van der Waals surface area contributed by atoms with Crippen LogP contribution >= 0.6 is 0 Å². The Kier molecular flexibility index (Phi) is 3.42. The minimum absolute atomic E-state index is 0.0902.